The van der Waals surface area contributed by atoms with Crippen LogP contribution in [0, 0.1) is 11.7 Å². The lowest BCUT2D eigenvalue weighted by Crippen LogP contribution is -2.24. The Labute approximate surface area is 182 Å². The molecule has 1 aromatic carbocycles. The first-order valence-electron chi connectivity index (χ1n) is 10.4. The zero-order valence-corrected chi connectivity index (χ0v) is 17.8. The maximum atomic E-state index is 14.4. The first-order chi connectivity index (χ1) is 15.2. The molecule has 2 heterocycles. The number of imidazole rings is 1. The Bertz CT molecular complexity index is 1100. The highest BCUT2D eigenvalue weighted by molar-refractivity contribution is 5.76. The molecule has 2 aromatic heterocycles. The largest absolute Gasteiger partial charge is 0.416 e. The minimum atomic E-state index is -4.59. The summed E-state index contributed by atoms with van der Waals surface area (Å²) in [5.41, 5.74) is 5.61. The highest BCUT2D eigenvalue weighted by atomic mass is 19.4. The maximum Gasteiger partial charge on any atom is 0.416 e. The fraction of sp³-hybridized carbons (Fsp3) is 0.476. The number of nitrogens with one attached hydrogen (secondary N) is 1. The van der Waals surface area contributed by atoms with Crippen molar-refractivity contribution >= 4 is 28.7 Å². The minimum absolute atomic E-state index is 0.00377. The van der Waals surface area contributed by atoms with Crippen molar-refractivity contribution < 1.29 is 17.6 Å². The average molecular weight is 451 g/mol. The van der Waals surface area contributed by atoms with Gasteiger partial charge in [-0.05, 0) is 56.3 Å². The van der Waals surface area contributed by atoms with Gasteiger partial charge in [0.05, 0.1) is 17.4 Å². The smallest absolute Gasteiger partial charge is 0.347 e. The second-order valence-electron chi connectivity index (χ2n) is 8.31. The van der Waals surface area contributed by atoms with Crippen LogP contribution in [0.4, 0.5) is 35.1 Å². The number of halogens is 4. The van der Waals surface area contributed by atoms with Gasteiger partial charge in [-0.25, -0.2) is 14.4 Å². The Balaban J connectivity index is 1.79. The van der Waals surface area contributed by atoms with Gasteiger partial charge < -0.3 is 16.0 Å². The van der Waals surface area contributed by atoms with Crippen LogP contribution in [0.15, 0.2) is 24.4 Å². The fourth-order valence-electron chi connectivity index (χ4n) is 4.09. The van der Waals surface area contributed by atoms with E-state index in [1.54, 1.807) is 11.1 Å². The molecule has 0 atom stereocenters. The molecule has 0 saturated heterocycles. The zero-order chi connectivity index (χ0) is 23.0. The number of rotatable bonds is 5. The second kappa shape index (κ2) is 8.53. The van der Waals surface area contributed by atoms with Crippen molar-refractivity contribution in [3.63, 3.8) is 0 Å². The molecule has 0 amide bonds. The van der Waals surface area contributed by atoms with E-state index in [1.807, 2.05) is 18.7 Å². The Morgan fingerprint density at radius 1 is 1.16 bits per heavy atom. The Morgan fingerprint density at radius 2 is 1.88 bits per heavy atom. The predicted octanol–water partition coefficient (Wildman–Crippen LogP) is 4.48. The number of benzene rings is 1. The minimum Gasteiger partial charge on any atom is -0.347 e. The number of alkyl halides is 3. The number of nitrogens with zero attached hydrogens (tertiary/aromatic N) is 5. The van der Waals surface area contributed by atoms with Crippen LogP contribution in [0.2, 0.25) is 0 Å². The molecule has 7 nitrogen and oxygen atoms in total. The van der Waals surface area contributed by atoms with E-state index < -0.39 is 17.6 Å². The summed E-state index contributed by atoms with van der Waals surface area (Å²) in [4.78, 5) is 15.1. The van der Waals surface area contributed by atoms with E-state index in [9.17, 15) is 17.6 Å². The van der Waals surface area contributed by atoms with Crippen LogP contribution >= 0.6 is 0 Å². The highest BCUT2D eigenvalue weighted by Gasteiger charge is 2.32. The summed E-state index contributed by atoms with van der Waals surface area (Å²) in [7, 11) is 3.62. The van der Waals surface area contributed by atoms with E-state index in [-0.39, 0.29) is 17.7 Å². The molecule has 0 aliphatic heterocycles. The van der Waals surface area contributed by atoms with Crippen molar-refractivity contribution in [1.29, 1.82) is 0 Å². The van der Waals surface area contributed by atoms with Crippen molar-refractivity contribution in [1.82, 2.24) is 19.5 Å². The molecule has 1 aliphatic rings. The lowest BCUT2D eigenvalue weighted by molar-refractivity contribution is -0.137. The van der Waals surface area contributed by atoms with Crippen LogP contribution in [0.25, 0.3) is 11.2 Å². The Morgan fingerprint density at radius 3 is 2.50 bits per heavy atom. The number of hydrogen-bond donors (Lipinski definition) is 2. The Hall–Kier alpha value is -2.95. The molecule has 0 bridgehead atoms. The van der Waals surface area contributed by atoms with E-state index in [0.717, 1.165) is 37.8 Å². The summed E-state index contributed by atoms with van der Waals surface area (Å²) in [6.45, 7) is 0.616. The monoisotopic (exact) mass is 451 g/mol. The van der Waals surface area contributed by atoms with E-state index >= 15 is 0 Å². The zero-order valence-electron chi connectivity index (χ0n) is 17.8. The lowest BCUT2D eigenvalue weighted by atomic mass is 9.86. The van der Waals surface area contributed by atoms with Crippen molar-refractivity contribution in [2.75, 3.05) is 30.9 Å². The molecule has 3 aromatic rings. The number of fused-ring (bicyclic) bond motifs is 1. The number of nitrogens with two attached hydrogens (primary N) is 1. The van der Waals surface area contributed by atoms with Gasteiger partial charge in [-0.15, -0.1) is 0 Å². The molecule has 1 fully saturated rings. The van der Waals surface area contributed by atoms with Gasteiger partial charge >= 0.3 is 6.18 Å². The van der Waals surface area contributed by atoms with Crippen molar-refractivity contribution in [3.05, 3.63) is 35.8 Å². The number of aromatic nitrogens is 4. The molecule has 172 valence electrons. The molecule has 0 unspecified atom stereocenters. The predicted molar refractivity (Wildman–Crippen MR) is 114 cm³/mol. The van der Waals surface area contributed by atoms with Crippen LogP contribution in [-0.2, 0) is 6.18 Å². The van der Waals surface area contributed by atoms with Gasteiger partial charge in [-0.3, -0.25) is 4.57 Å². The number of hydrogen-bond acceptors (Lipinski definition) is 6. The van der Waals surface area contributed by atoms with Gasteiger partial charge in [0.1, 0.15) is 11.3 Å². The summed E-state index contributed by atoms with van der Waals surface area (Å²) in [5.74, 6) is 0.347. The Kier molecular flexibility index (Phi) is 5.93. The van der Waals surface area contributed by atoms with Crippen LogP contribution < -0.4 is 16.0 Å². The highest BCUT2D eigenvalue weighted by Crippen LogP contribution is 2.38. The molecular weight excluding hydrogens is 426 g/mol. The molecule has 3 N–H and O–H groups in total. The van der Waals surface area contributed by atoms with Gasteiger partial charge in [0.2, 0.25) is 11.9 Å². The third-order valence-corrected chi connectivity index (χ3v) is 5.87. The van der Waals surface area contributed by atoms with Crippen LogP contribution in [0.1, 0.15) is 37.3 Å². The van der Waals surface area contributed by atoms with Crippen molar-refractivity contribution in [2.24, 2.45) is 11.7 Å². The van der Waals surface area contributed by atoms with E-state index in [2.05, 4.69) is 20.3 Å². The first-order valence-corrected chi connectivity index (χ1v) is 10.4. The van der Waals surface area contributed by atoms with Crippen molar-refractivity contribution in [2.45, 2.75) is 37.9 Å². The van der Waals surface area contributed by atoms with E-state index in [1.165, 1.54) is 0 Å². The third kappa shape index (κ3) is 4.34. The van der Waals surface area contributed by atoms with Gasteiger partial charge in [-0.2, -0.15) is 18.2 Å². The standard InChI is InChI=1S/C21H25F4N7/c1-31(2)19-27-11-17-18(30-19)32(14-6-3-12(10-26)4-7-14)20(29-17)28-16-9-13(21(23,24)25)5-8-15(16)22/h5,8-9,11-12,14H,3-4,6-7,10,26H2,1-2H3,(H,28,29)/t12-,14+. The van der Waals surface area contributed by atoms with Crippen molar-refractivity contribution in [3.8, 4) is 0 Å². The van der Waals surface area contributed by atoms with Crippen LogP contribution in [-0.4, -0.2) is 40.2 Å². The summed E-state index contributed by atoms with van der Waals surface area (Å²) in [6.07, 6.45) is 0.445. The van der Waals surface area contributed by atoms with Crippen LogP contribution in [0.3, 0.4) is 0 Å². The van der Waals surface area contributed by atoms with Gasteiger partial charge in [-0.1, -0.05) is 0 Å². The fourth-order valence-corrected chi connectivity index (χ4v) is 4.09. The summed E-state index contributed by atoms with van der Waals surface area (Å²) >= 11 is 0. The lowest BCUT2D eigenvalue weighted by Gasteiger charge is -2.30. The molecule has 0 radical (unpaired) electrons. The molecular formula is C21H25F4N7. The average Bonchev–Trinajstić information content (AvgIpc) is 3.11. The first kappa shape index (κ1) is 22.3. The summed E-state index contributed by atoms with van der Waals surface area (Å²) < 4.78 is 55.8. The maximum absolute atomic E-state index is 14.4. The summed E-state index contributed by atoms with van der Waals surface area (Å²) in [5, 5.41) is 2.78. The summed E-state index contributed by atoms with van der Waals surface area (Å²) in [6, 6.07) is 2.27. The second-order valence-corrected chi connectivity index (χ2v) is 8.31. The molecule has 1 saturated carbocycles. The SMILES string of the molecule is CN(C)c1ncc2nc(Nc3cc(C(F)(F)F)ccc3F)n([C@H]3CC[C@@H](CN)CC3)c2n1. The molecule has 11 heteroatoms. The molecule has 1 aliphatic carbocycles. The molecule has 0 spiro atoms. The molecule has 4 rings (SSSR count). The third-order valence-electron chi connectivity index (χ3n) is 5.87. The van der Waals surface area contributed by atoms with E-state index in [0.29, 0.717) is 35.6 Å². The molecule has 32 heavy (non-hydrogen) atoms. The van der Waals surface area contributed by atoms with Gasteiger partial charge in [0.25, 0.3) is 0 Å². The number of anilines is 3. The van der Waals surface area contributed by atoms with Gasteiger partial charge in [0.15, 0.2) is 5.65 Å². The van der Waals surface area contributed by atoms with Gasteiger partial charge in [0, 0.05) is 20.1 Å². The topological polar surface area (TPSA) is 84.9 Å². The van der Waals surface area contributed by atoms with Crippen LogP contribution in [0.5, 0.6) is 0 Å². The quantitative estimate of drug-likeness (QED) is 0.557. The van der Waals surface area contributed by atoms with E-state index in [4.69, 9.17) is 5.73 Å². The normalized spacial score (nSPS) is 19.3.